The third kappa shape index (κ3) is 2.05. The summed E-state index contributed by atoms with van der Waals surface area (Å²) in [5.74, 6) is 1.45. The molecule has 0 aliphatic carbocycles. The van der Waals surface area contributed by atoms with Crippen LogP contribution >= 0.6 is 0 Å². The minimum Gasteiger partial charge on any atom is -0.504 e. The molecule has 0 unspecified atom stereocenters. The molecule has 0 bridgehead atoms. The number of aryl methyl sites for hydroxylation is 2. The van der Waals surface area contributed by atoms with Gasteiger partial charge in [-0.05, 0) is 40.4 Å². The van der Waals surface area contributed by atoms with Crippen LogP contribution in [0.25, 0.3) is 32.3 Å². The van der Waals surface area contributed by atoms with Crippen molar-refractivity contribution in [2.75, 3.05) is 14.2 Å². The zero-order valence-corrected chi connectivity index (χ0v) is 14.9. The largest absolute Gasteiger partial charge is 0.504 e. The summed E-state index contributed by atoms with van der Waals surface area (Å²) < 4.78 is 13.2. The van der Waals surface area contributed by atoms with Gasteiger partial charge in [0.05, 0.1) is 19.6 Å². The molecular weight excluding hydrogens is 326 g/mol. The van der Waals surface area contributed by atoms with Gasteiger partial charge in [-0.1, -0.05) is 6.07 Å². The zero-order valence-electron chi connectivity index (χ0n) is 14.9. The van der Waals surface area contributed by atoms with E-state index in [1.165, 1.54) is 28.3 Å². The number of ether oxygens (including phenoxy) is 2. The second-order valence-electron chi connectivity index (χ2n) is 6.87. The molecule has 0 radical (unpaired) electrons. The maximum atomic E-state index is 10.4. The Morgan fingerprint density at radius 3 is 2.42 bits per heavy atom. The van der Waals surface area contributed by atoms with Gasteiger partial charge < -0.3 is 14.6 Å². The normalized spacial score (nSPS) is 13.5. The molecule has 1 aromatic heterocycles. The van der Waals surface area contributed by atoms with E-state index in [1.54, 1.807) is 20.3 Å². The quantitative estimate of drug-likeness (QED) is 0.439. The van der Waals surface area contributed by atoms with Crippen molar-refractivity contribution in [2.24, 2.45) is 0 Å². The van der Waals surface area contributed by atoms with Gasteiger partial charge in [-0.3, -0.25) is 0 Å². The Bertz CT molecular complexity index is 1190. The summed E-state index contributed by atoms with van der Waals surface area (Å²) >= 11 is 0. The molecule has 4 aromatic rings. The molecule has 130 valence electrons. The van der Waals surface area contributed by atoms with Crippen LogP contribution in [0.3, 0.4) is 0 Å². The number of fused-ring (bicyclic) bond motifs is 7. The highest BCUT2D eigenvalue weighted by Crippen LogP contribution is 2.41. The van der Waals surface area contributed by atoms with Crippen molar-refractivity contribution < 1.29 is 19.1 Å². The van der Waals surface area contributed by atoms with Crippen molar-refractivity contribution in [3.8, 4) is 17.2 Å². The monoisotopic (exact) mass is 346 g/mol. The van der Waals surface area contributed by atoms with Gasteiger partial charge in [0, 0.05) is 29.7 Å². The Labute approximate surface area is 151 Å². The summed E-state index contributed by atoms with van der Waals surface area (Å²) in [5.41, 5.74) is 1.37. The number of hydrogen-bond acceptors (Lipinski definition) is 3. The average molecular weight is 346 g/mol. The summed E-state index contributed by atoms with van der Waals surface area (Å²) in [7, 11) is 3.26. The van der Waals surface area contributed by atoms with Gasteiger partial charge in [-0.15, -0.1) is 0 Å². The first-order valence-corrected chi connectivity index (χ1v) is 8.86. The van der Waals surface area contributed by atoms with Crippen LogP contribution in [0.4, 0.5) is 0 Å². The van der Waals surface area contributed by atoms with Crippen molar-refractivity contribution in [1.82, 2.24) is 0 Å². The van der Waals surface area contributed by atoms with Crippen LogP contribution in [0, 0.1) is 0 Å². The Morgan fingerprint density at radius 1 is 0.846 bits per heavy atom. The molecule has 1 N–H and O–H groups in total. The Kier molecular flexibility index (Phi) is 3.23. The number of nitrogens with zero attached hydrogens (tertiary/aromatic N) is 1. The summed E-state index contributed by atoms with van der Waals surface area (Å²) in [5, 5.41) is 17.1. The molecule has 4 nitrogen and oxygen atoms in total. The molecule has 0 saturated heterocycles. The number of aromatic hydroxyl groups is 1. The summed E-state index contributed by atoms with van der Waals surface area (Å²) in [6.07, 6.45) is 4.55. The van der Waals surface area contributed by atoms with Crippen LogP contribution in [0.2, 0.25) is 0 Å². The fraction of sp³-hybridized carbons (Fsp3) is 0.227. The van der Waals surface area contributed by atoms with Crippen LogP contribution in [0.15, 0.2) is 42.6 Å². The van der Waals surface area contributed by atoms with Gasteiger partial charge in [-0.25, -0.2) is 4.57 Å². The third-order valence-electron chi connectivity index (χ3n) is 5.50. The number of aromatic nitrogens is 1. The van der Waals surface area contributed by atoms with E-state index in [2.05, 4.69) is 22.9 Å². The van der Waals surface area contributed by atoms with Crippen molar-refractivity contribution >= 4 is 32.3 Å². The molecule has 1 aliphatic rings. The molecular formula is C22H20NO3+. The second-order valence-corrected chi connectivity index (χ2v) is 6.87. The fourth-order valence-corrected chi connectivity index (χ4v) is 4.21. The molecule has 2 heterocycles. The molecule has 0 amide bonds. The lowest BCUT2D eigenvalue weighted by atomic mass is 9.94. The standard InChI is InChI=1S/C22H19NO3/c1-25-14-5-6-15-16-8-13-4-3-7-23(13)12-20(16)19-11-22(26-2)21(24)10-18(19)17(15)9-14/h5-6,8-12H,3-4,7H2,1-2H3/p+1. The molecule has 1 aliphatic heterocycles. The maximum absolute atomic E-state index is 10.4. The minimum absolute atomic E-state index is 0.150. The van der Waals surface area contributed by atoms with Crippen molar-refractivity contribution in [1.29, 1.82) is 0 Å². The van der Waals surface area contributed by atoms with E-state index in [0.29, 0.717) is 5.75 Å². The first-order chi connectivity index (χ1) is 12.7. The molecule has 0 fully saturated rings. The zero-order chi connectivity index (χ0) is 17.8. The highest BCUT2D eigenvalue weighted by molar-refractivity contribution is 6.25. The number of rotatable bonds is 2. The van der Waals surface area contributed by atoms with E-state index in [-0.39, 0.29) is 5.75 Å². The lowest BCUT2D eigenvalue weighted by molar-refractivity contribution is -0.689. The number of pyridine rings is 1. The summed E-state index contributed by atoms with van der Waals surface area (Å²) in [6, 6.07) is 12.2. The van der Waals surface area contributed by atoms with E-state index >= 15 is 0 Å². The van der Waals surface area contributed by atoms with E-state index in [9.17, 15) is 5.11 Å². The fourth-order valence-electron chi connectivity index (χ4n) is 4.21. The molecule has 4 heteroatoms. The number of phenolic OH excluding ortho intramolecular Hbond substituents is 1. The van der Waals surface area contributed by atoms with E-state index in [0.717, 1.165) is 34.9 Å². The molecule has 0 saturated carbocycles. The number of hydrogen-bond donors (Lipinski definition) is 1. The van der Waals surface area contributed by atoms with E-state index in [1.807, 2.05) is 18.2 Å². The predicted octanol–water partition coefficient (Wildman–Crippen LogP) is 4.10. The van der Waals surface area contributed by atoms with Crippen LogP contribution in [-0.2, 0) is 13.0 Å². The highest BCUT2D eigenvalue weighted by Gasteiger charge is 2.22. The topological polar surface area (TPSA) is 42.6 Å². The van der Waals surface area contributed by atoms with Crippen LogP contribution < -0.4 is 14.0 Å². The van der Waals surface area contributed by atoms with Gasteiger partial charge in [0.1, 0.15) is 12.3 Å². The smallest absolute Gasteiger partial charge is 0.182 e. The van der Waals surface area contributed by atoms with E-state index < -0.39 is 0 Å². The minimum atomic E-state index is 0.150. The molecule has 3 aromatic carbocycles. The third-order valence-corrected chi connectivity index (χ3v) is 5.50. The number of phenols is 1. The molecule has 26 heavy (non-hydrogen) atoms. The SMILES string of the molecule is COc1ccc2c(c1)c1cc(O)c(OC)cc1c1c[n+]3c(cc21)CCC3. The number of methoxy groups -OCH3 is 2. The first kappa shape index (κ1) is 15.3. The Hall–Kier alpha value is -3.01. The van der Waals surface area contributed by atoms with Gasteiger partial charge in [0.15, 0.2) is 23.4 Å². The first-order valence-electron chi connectivity index (χ1n) is 8.86. The van der Waals surface area contributed by atoms with Gasteiger partial charge in [-0.2, -0.15) is 0 Å². The van der Waals surface area contributed by atoms with Gasteiger partial charge >= 0.3 is 0 Å². The van der Waals surface area contributed by atoms with Gasteiger partial charge in [0.25, 0.3) is 0 Å². The Morgan fingerprint density at radius 2 is 1.62 bits per heavy atom. The lowest BCUT2D eigenvalue weighted by Crippen LogP contribution is -2.32. The van der Waals surface area contributed by atoms with Crippen molar-refractivity contribution in [3.05, 3.63) is 48.3 Å². The molecule has 0 atom stereocenters. The number of benzene rings is 3. The van der Waals surface area contributed by atoms with Crippen molar-refractivity contribution in [3.63, 3.8) is 0 Å². The summed E-state index contributed by atoms with van der Waals surface area (Å²) in [6.45, 7) is 1.06. The van der Waals surface area contributed by atoms with Crippen LogP contribution in [-0.4, -0.2) is 19.3 Å². The summed E-state index contributed by atoms with van der Waals surface area (Å²) in [4.78, 5) is 0. The van der Waals surface area contributed by atoms with E-state index in [4.69, 9.17) is 9.47 Å². The van der Waals surface area contributed by atoms with Crippen molar-refractivity contribution in [2.45, 2.75) is 19.4 Å². The maximum Gasteiger partial charge on any atom is 0.182 e. The van der Waals surface area contributed by atoms with Crippen LogP contribution in [0.5, 0.6) is 17.2 Å². The van der Waals surface area contributed by atoms with Gasteiger partial charge in [0.2, 0.25) is 0 Å². The lowest BCUT2D eigenvalue weighted by Gasteiger charge is -2.13. The highest BCUT2D eigenvalue weighted by atomic mass is 16.5. The average Bonchev–Trinajstić information content (AvgIpc) is 3.13. The predicted molar refractivity (Wildman–Crippen MR) is 102 cm³/mol. The Balaban J connectivity index is 2.04. The van der Waals surface area contributed by atoms with Crippen LogP contribution in [0.1, 0.15) is 12.1 Å². The second kappa shape index (κ2) is 5.49. The molecule has 5 rings (SSSR count). The molecule has 0 spiro atoms.